The highest BCUT2D eigenvalue weighted by Crippen LogP contribution is 2.14. The molecule has 0 spiro atoms. The van der Waals surface area contributed by atoms with Gasteiger partial charge in [-0.2, -0.15) is 0 Å². The predicted molar refractivity (Wildman–Crippen MR) is 76.0 cm³/mol. The van der Waals surface area contributed by atoms with Crippen molar-refractivity contribution >= 4 is 31.4 Å². The number of benzene rings is 1. The zero-order valence-corrected chi connectivity index (χ0v) is 12.1. The van der Waals surface area contributed by atoms with Gasteiger partial charge in [0.2, 0.25) is 20.0 Å². The second kappa shape index (κ2) is 6.22. The quantitative estimate of drug-likeness (QED) is 0.662. The highest BCUT2D eigenvalue weighted by atomic mass is 32.2. The molecule has 0 unspecified atom stereocenters. The van der Waals surface area contributed by atoms with Gasteiger partial charge < -0.3 is 5.32 Å². The molecular weight excluding hydrogens is 290 g/mol. The molecule has 0 aliphatic carbocycles. The first-order valence-electron chi connectivity index (χ1n) is 5.57. The molecule has 1 rings (SSSR count). The maximum Gasteiger partial charge on any atom is 0.232 e. The molecule has 0 saturated carbocycles. The first kappa shape index (κ1) is 15.7. The summed E-state index contributed by atoms with van der Waals surface area (Å²) in [5.41, 5.74) is 1.14. The average molecular weight is 307 g/mol. The van der Waals surface area contributed by atoms with Crippen LogP contribution in [0.4, 0.5) is 11.4 Å². The first-order valence-corrected chi connectivity index (χ1v) is 8.93. The topological polar surface area (TPSA) is 118 Å². The molecule has 108 valence electrons. The molecule has 1 aromatic carbocycles. The van der Waals surface area contributed by atoms with Crippen molar-refractivity contribution in [3.8, 4) is 0 Å². The minimum absolute atomic E-state index is 0.00135. The molecule has 0 heterocycles. The zero-order chi connectivity index (χ0) is 14.5. The van der Waals surface area contributed by atoms with E-state index in [1.165, 1.54) is 0 Å². The van der Waals surface area contributed by atoms with Crippen LogP contribution in [0.25, 0.3) is 0 Å². The number of primary sulfonamides is 1. The van der Waals surface area contributed by atoms with Crippen LogP contribution in [0.3, 0.4) is 0 Å². The van der Waals surface area contributed by atoms with Gasteiger partial charge >= 0.3 is 0 Å². The molecule has 7 nitrogen and oxygen atoms in total. The number of hydrogen-bond donors (Lipinski definition) is 3. The minimum atomic E-state index is -3.48. The summed E-state index contributed by atoms with van der Waals surface area (Å²) < 4.78 is 46.5. The number of sulfonamides is 2. The third kappa shape index (κ3) is 6.41. The van der Waals surface area contributed by atoms with E-state index in [1.54, 1.807) is 31.2 Å². The van der Waals surface area contributed by atoms with E-state index in [2.05, 4.69) is 10.0 Å². The van der Waals surface area contributed by atoms with Gasteiger partial charge in [0.15, 0.2) is 0 Å². The molecule has 19 heavy (non-hydrogen) atoms. The minimum Gasteiger partial charge on any atom is -0.384 e. The largest absolute Gasteiger partial charge is 0.384 e. The number of nitrogens with one attached hydrogen (secondary N) is 2. The maximum absolute atomic E-state index is 11.3. The van der Waals surface area contributed by atoms with E-state index >= 15 is 0 Å². The third-order valence-corrected chi connectivity index (χ3v) is 4.33. The lowest BCUT2D eigenvalue weighted by atomic mass is 10.3. The Morgan fingerprint density at radius 1 is 1.05 bits per heavy atom. The number of hydrogen-bond acceptors (Lipinski definition) is 5. The van der Waals surface area contributed by atoms with Crippen molar-refractivity contribution in [2.75, 3.05) is 28.1 Å². The van der Waals surface area contributed by atoms with Gasteiger partial charge in [-0.25, -0.2) is 22.0 Å². The van der Waals surface area contributed by atoms with Gasteiger partial charge in [-0.1, -0.05) is 0 Å². The SMILES string of the molecule is CCS(=O)(=O)Nc1ccc(NCCS(N)(=O)=O)cc1. The summed E-state index contributed by atoms with van der Waals surface area (Å²) in [6, 6.07) is 6.48. The Balaban J connectivity index is 2.57. The Hall–Kier alpha value is -1.32. The van der Waals surface area contributed by atoms with Crippen molar-refractivity contribution < 1.29 is 16.8 Å². The Kier molecular flexibility index (Phi) is 5.15. The van der Waals surface area contributed by atoms with Crippen molar-refractivity contribution in [2.45, 2.75) is 6.92 Å². The molecule has 0 fully saturated rings. The van der Waals surface area contributed by atoms with Crippen molar-refractivity contribution in [2.24, 2.45) is 5.14 Å². The van der Waals surface area contributed by atoms with Gasteiger partial charge in [-0.15, -0.1) is 0 Å². The van der Waals surface area contributed by atoms with Crippen LogP contribution in [0, 0.1) is 0 Å². The van der Waals surface area contributed by atoms with Gasteiger partial charge in [0.05, 0.1) is 11.5 Å². The lowest BCUT2D eigenvalue weighted by molar-refractivity contribution is 0.597. The van der Waals surface area contributed by atoms with Crippen LogP contribution < -0.4 is 15.2 Å². The van der Waals surface area contributed by atoms with E-state index in [9.17, 15) is 16.8 Å². The Bertz CT molecular complexity index is 609. The molecule has 0 aromatic heterocycles. The average Bonchev–Trinajstić information content (AvgIpc) is 2.29. The highest BCUT2D eigenvalue weighted by molar-refractivity contribution is 7.92. The lowest BCUT2D eigenvalue weighted by Crippen LogP contribution is -2.22. The van der Waals surface area contributed by atoms with Crippen LogP contribution in [-0.2, 0) is 20.0 Å². The fourth-order valence-electron chi connectivity index (χ4n) is 1.25. The molecule has 4 N–H and O–H groups in total. The van der Waals surface area contributed by atoms with Crippen LogP contribution >= 0.6 is 0 Å². The van der Waals surface area contributed by atoms with Crippen molar-refractivity contribution in [1.82, 2.24) is 0 Å². The molecule has 9 heteroatoms. The predicted octanol–water partition coefficient (Wildman–Crippen LogP) is 0.149. The van der Waals surface area contributed by atoms with E-state index in [4.69, 9.17) is 5.14 Å². The summed E-state index contributed by atoms with van der Waals surface area (Å²) in [4.78, 5) is 0. The van der Waals surface area contributed by atoms with Gasteiger partial charge in [0.1, 0.15) is 0 Å². The Labute approximate surface area is 113 Å². The molecule has 0 atom stereocenters. The number of anilines is 2. The van der Waals surface area contributed by atoms with Crippen molar-refractivity contribution in [3.05, 3.63) is 24.3 Å². The molecule has 0 bridgehead atoms. The van der Waals surface area contributed by atoms with Crippen molar-refractivity contribution in [1.29, 1.82) is 0 Å². The van der Waals surface area contributed by atoms with Crippen molar-refractivity contribution in [3.63, 3.8) is 0 Å². The van der Waals surface area contributed by atoms with Crippen LogP contribution in [0.5, 0.6) is 0 Å². The van der Waals surface area contributed by atoms with Gasteiger partial charge in [-0.05, 0) is 31.2 Å². The zero-order valence-electron chi connectivity index (χ0n) is 10.5. The Morgan fingerprint density at radius 2 is 1.58 bits per heavy atom. The van der Waals surface area contributed by atoms with Gasteiger partial charge in [0, 0.05) is 17.9 Å². The highest BCUT2D eigenvalue weighted by Gasteiger charge is 2.06. The summed E-state index contributed by atoms with van der Waals surface area (Å²) in [6.45, 7) is 1.74. The second-order valence-corrected chi connectivity index (χ2v) is 7.62. The molecule has 1 aromatic rings. The van der Waals surface area contributed by atoms with E-state index < -0.39 is 20.0 Å². The Morgan fingerprint density at radius 3 is 2.05 bits per heavy atom. The van der Waals surface area contributed by atoms with Crippen LogP contribution in [-0.4, -0.2) is 34.9 Å². The monoisotopic (exact) mass is 307 g/mol. The van der Waals surface area contributed by atoms with Crippen LogP contribution in [0.1, 0.15) is 6.92 Å². The summed E-state index contributed by atoms with van der Waals surface area (Å²) in [7, 11) is -6.77. The lowest BCUT2D eigenvalue weighted by Gasteiger charge is -2.08. The standard InChI is InChI=1S/C10H17N3O4S2/c1-2-19(16,17)13-10-5-3-9(4-6-10)12-7-8-18(11,14)15/h3-6,12-13H,2,7-8H2,1H3,(H2,11,14,15). The normalized spacial score (nSPS) is 12.1. The van der Waals surface area contributed by atoms with Gasteiger partial charge in [-0.3, -0.25) is 4.72 Å². The fourth-order valence-corrected chi connectivity index (χ4v) is 2.27. The summed E-state index contributed by atoms with van der Waals surface area (Å²) in [5, 5.41) is 7.73. The molecular formula is C10H17N3O4S2. The summed E-state index contributed by atoms with van der Waals surface area (Å²) >= 11 is 0. The fraction of sp³-hybridized carbons (Fsp3) is 0.400. The van der Waals surface area contributed by atoms with Crippen LogP contribution in [0.2, 0.25) is 0 Å². The summed E-state index contributed by atoms with van der Waals surface area (Å²) in [5.74, 6) is -0.168. The number of rotatable bonds is 7. The molecule has 0 radical (unpaired) electrons. The van der Waals surface area contributed by atoms with E-state index in [0.29, 0.717) is 11.4 Å². The van der Waals surface area contributed by atoms with E-state index in [1.807, 2.05) is 0 Å². The molecule has 0 saturated heterocycles. The summed E-state index contributed by atoms with van der Waals surface area (Å²) in [6.07, 6.45) is 0. The van der Waals surface area contributed by atoms with Gasteiger partial charge in [0.25, 0.3) is 0 Å². The maximum atomic E-state index is 11.3. The van der Waals surface area contributed by atoms with E-state index in [0.717, 1.165) is 0 Å². The third-order valence-electron chi connectivity index (χ3n) is 2.25. The molecule has 0 aliphatic rings. The second-order valence-electron chi connectivity index (χ2n) is 3.88. The smallest absolute Gasteiger partial charge is 0.232 e. The first-order chi connectivity index (χ1) is 8.72. The van der Waals surface area contributed by atoms with Crippen LogP contribution in [0.15, 0.2) is 24.3 Å². The molecule has 0 aliphatic heterocycles. The van der Waals surface area contributed by atoms with E-state index in [-0.39, 0.29) is 18.1 Å². The number of nitrogens with two attached hydrogens (primary N) is 1. The molecule has 0 amide bonds.